The summed E-state index contributed by atoms with van der Waals surface area (Å²) in [6.07, 6.45) is 1.79. The Balaban J connectivity index is 1.72. The van der Waals surface area contributed by atoms with Gasteiger partial charge in [0.05, 0.1) is 18.5 Å². The van der Waals surface area contributed by atoms with Gasteiger partial charge in [0.25, 0.3) is 0 Å². The summed E-state index contributed by atoms with van der Waals surface area (Å²) in [6.45, 7) is 3.66. The van der Waals surface area contributed by atoms with Crippen molar-refractivity contribution in [3.63, 3.8) is 0 Å². The van der Waals surface area contributed by atoms with Crippen molar-refractivity contribution in [1.29, 1.82) is 0 Å². The third kappa shape index (κ3) is 2.72. The van der Waals surface area contributed by atoms with Gasteiger partial charge < -0.3 is 20.3 Å². The fourth-order valence-corrected chi connectivity index (χ4v) is 2.72. The van der Waals surface area contributed by atoms with E-state index in [9.17, 15) is 0 Å². The largest absolute Gasteiger partial charge is 0.495 e. The van der Waals surface area contributed by atoms with Gasteiger partial charge in [-0.1, -0.05) is 12.1 Å². The number of nitrogen functional groups attached to an aromatic ring is 1. The second kappa shape index (κ2) is 5.91. The number of aromatic nitrogens is 1. The fourth-order valence-electron chi connectivity index (χ4n) is 2.72. The molecule has 2 aromatic rings. The molecule has 0 aliphatic carbocycles. The van der Waals surface area contributed by atoms with E-state index in [0.29, 0.717) is 0 Å². The molecule has 0 saturated carbocycles. The Morgan fingerprint density at radius 3 is 2.43 bits per heavy atom. The Labute approximate surface area is 125 Å². The second-order valence-corrected chi connectivity index (χ2v) is 5.06. The van der Waals surface area contributed by atoms with E-state index >= 15 is 0 Å². The lowest BCUT2D eigenvalue weighted by Gasteiger charge is -2.37. The number of methoxy groups -OCH3 is 1. The molecule has 5 heteroatoms. The molecule has 1 aromatic heterocycles. The molecule has 3 rings (SSSR count). The van der Waals surface area contributed by atoms with Gasteiger partial charge in [0, 0.05) is 32.4 Å². The summed E-state index contributed by atoms with van der Waals surface area (Å²) in [5.74, 6) is 1.81. The first-order chi connectivity index (χ1) is 10.3. The molecule has 0 amide bonds. The van der Waals surface area contributed by atoms with Gasteiger partial charge >= 0.3 is 0 Å². The van der Waals surface area contributed by atoms with Crippen molar-refractivity contribution in [3.8, 4) is 5.75 Å². The Morgan fingerprint density at radius 1 is 1.00 bits per heavy atom. The van der Waals surface area contributed by atoms with Crippen LogP contribution >= 0.6 is 0 Å². The predicted octanol–water partition coefficient (Wildman–Crippen LogP) is 2.00. The van der Waals surface area contributed by atoms with Crippen LogP contribution < -0.4 is 20.3 Å². The predicted molar refractivity (Wildman–Crippen MR) is 86.1 cm³/mol. The van der Waals surface area contributed by atoms with E-state index in [-0.39, 0.29) is 0 Å². The SMILES string of the molecule is COc1ccccc1N1CCN(c2ncccc2N)CC1. The molecule has 5 nitrogen and oxygen atoms in total. The third-order valence-corrected chi connectivity index (χ3v) is 3.82. The highest BCUT2D eigenvalue weighted by molar-refractivity contribution is 5.64. The quantitative estimate of drug-likeness (QED) is 0.934. The van der Waals surface area contributed by atoms with Gasteiger partial charge in [0.15, 0.2) is 5.82 Å². The van der Waals surface area contributed by atoms with Gasteiger partial charge in [-0.25, -0.2) is 4.98 Å². The number of ether oxygens (including phenoxy) is 1. The lowest BCUT2D eigenvalue weighted by atomic mass is 10.2. The van der Waals surface area contributed by atoms with Crippen LogP contribution in [0.4, 0.5) is 17.2 Å². The molecule has 0 bridgehead atoms. The van der Waals surface area contributed by atoms with Crippen molar-refractivity contribution >= 4 is 17.2 Å². The molecule has 0 spiro atoms. The minimum atomic E-state index is 0.739. The number of hydrogen-bond donors (Lipinski definition) is 1. The highest BCUT2D eigenvalue weighted by Gasteiger charge is 2.21. The molecule has 110 valence electrons. The van der Waals surface area contributed by atoms with Crippen LogP contribution in [0.3, 0.4) is 0 Å². The van der Waals surface area contributed by atoms with E-state index in [4.69, 9.17) is 10.5 Å². The van der Waals surface area contributed by atoms with Crippen molar-refractivity contribution in [2.24, 2.45) is 0 Å². The molecule has 1 aliphatic rings. The van der Waals surface area contributed by atoms with Crippen LogP contribution in [0.5, 0.6) is 5.75 Å². The molecule has 1 fully saturated rings. The maximum atomic E-state index is 6.01. The lowest BCUT2D eigenvalue weighted by Crippen LogP contribution is -2.47. The summed E-state index contributed by atoms with van der Waals surface area (Å²) in [7, 11) is 1.71. The number of para-hydroxylation sites is 2. The number of pyridine rings is 1. The topological polar surface area (TPSA) is 54.6 Å². The first-order valence-corrected chi connectivity index (χ1v) is 7.13. The first kappa shape index (κ1) is 13.5. The van der Waals surface area contributed by atoms with Gasteiger partial charge in [-0.15, -0.1) is 0 Å². The third-order valence-electron chi connectivity index (χ3n) is 3.82. The van der Waals surface area contributed by atoms with Crippen LogP contribution in [0.15, 0.2) is 42.6 Å². The van der Waals surface area contributed by atoms with Gasteiger partial charge in [-0.2, -0.15) is 0 Å². The number of piperazine rings is 1. The minimum absolute atomic E-state index is 0.739. The van der Waals surface area contributed by atoms with E-state index in [1.807, 2.05) is 30.3 Å². The number of anilines is 3. The van der Waals surface area contributed by atoms with E-state index in [1.54, 1.807) is 13.3 Å². The van der Waals surface area contributed by atoms with Gasteiger partial charge in [0.1, 0.15) is 5.75 Å². The smallest absolute Gasteiger partial charge is 0.151 e. The summed E-state index contributed by atoms with van der Waals surface area (Å²) in [5.41, 5.74) is 7.89. The molecule has 1 aromatic carbocycles. The van der Waals surface area contributed by atoms with E-state index in [2.05, 4.69) is 20.9 Å². The van der Waals surface area contributed by atoms with E-state index < -0.39 is 0 Å². The molecule has 2 heterocycles. The number of rotatable bonds is 3. The fraction of sp³-hybridized carbons (Fsp3) is 0.312. The Kier molecular flexibility index (Phi) is 3.81. The van der Waals surface area contributed by atoms with Crippen LogP contribution in [0.2, 0.25) is 0 Å². The standard InChI is InChI=1S/C16H20N4O/c1-21-15-7-3-2-6-14(15)19-9-11-20(12-10-19)16-13(17)5-4-8-18-16/h2-8H,9-12,17H2,1H3. The summed E-state index contributed by atoms with van der Waals surface area (Å²) in [5, 5.41) is 0. The van der Waals surface area contributed by atoms with Crippen molar-refractivity contribution in [2.45, 2.75) is 0 Å². The van der Waals surface area contributed by atoms with Crippen LogP contribution in [0.1, 0.15) is 0 Å². The lowest BCUT2D eigenvalue weighted by molar-refractivity contribution is 0.413. The summed E-state index contributed by atoms with van der Waals surface area (Å²) < 4.78 is 5.44. The van der Waals surface area contributed by atoms with Gasteiger partial charge in [-0.05, 0) is 24.3 Å². The average Bonchev–Trinajstić information content (AvgIpc) is 2.55. The zero-order valence-corrected chi connectivity index (χ0v) is 12.2. The highest BCUT2D eigenvalue weighted by Crippen LogP contribution is 2.29. The number of hydrogen-bond acceptors (Lipinski definition) is 5. The normalized spacial score (nSPS) is 15.1. The monoisotopic (exact) mass is 284 g/mol. The Hall–Kier alpha value is -2.43. The van der Waals surface area contributed by atoms with Crippen LogP contribution in [0.25, 0.3) is 0 Å². The maximum absolute atomic E-state index is 6.01. The van der Waals surface area contributed by atoms with Crippen LogP contribution in [-0.4, -0.2) is 38.3 Å². The molecule has 0 unspecified atom stereocenters. The molecule has 1 aliphatic heterocycles. The molecule has 1 saturated heterocycles. The Morgan fingerprint density at radius 2 is 1.71 bits per heavy atom. The van der Waals surface area contributed by atoms with Crippen LogP contribution in [0, 0.1) is 0 Å². The number of nitrogens with two attached hydrogens (primary N) is 1. The molecule has 0 atom stereocenters. The van der Waals surface area contributed by atoms with Gasteiger partial charge in [0.2, 0.25) is 0 Å². The molecule has 0 radical (unpaired) electrons. The Bertz CT molecular complexity index is 609. The average molecular weight is 284 g/mol. The van der Waals surface area contributed by atoms with Crippen LogP contribution in [-0.2, 0) is 0 Å². The van der Waals surface area contributed by atoms with Crippen molar-refractivity contribution in [2.75, 3.05) is 48.8 Å². The van der Waals surface area contributed by atoms with Crippen molar-refractivity contribution in [1.82, 2.24) is 4.98 Å². The number of nitrogens with zero attached hydrogens (tertiary/aromatic N) is 3. The van der Waals surface area contributed by atoms with E-state index in [0.717, 1.165) is 49.1 Å². The van der Waals surface area contributed by atoms with Crippen molar-refractivity contribution < 1.29 is 4.74 Å². The molecular formula is C16H20N4O. The van der Waals surface area contributed by atoms with Gasteiger partial charge in [-0.3, -0.25) is 0 Å². The van der Waals surface area contributed by atoms with E-state index in [1.165, 1.54) is 0 Å². The zero-order valence-electron chi connectivity index (χ0n) is 12.2. The second-order valence-electron chi connectivity index (χ2n) is 5.06. The zero-order chi connectivity index (χ0) is 14.7. The minimum Gasteiger partial charge on any atom is -0.495 e. The molecule has 2 N–H and O–H groups in total. The summed E-state index contributed by atoms with van der Waals surface area (Å²) in [4.78, 5) is 8.97. The highest BCUT2D eigenvalue weighted by atomic mass is 16.5. The maximum Gasteiger partial charge on any atom is 0.151 e. The first-order valence-electron chi connectivity index (χ1n) is 7.13. The summed E-state index contributed by atoms with van der Waals surface area (Å²) in [6, 6.07) is 11.9. The molecule has 21 heavy (non-hydrogen) atoms. The van der Waals surface area contributed by atoms with Crippen molar-refractivity contribution in [3.05, 3.63) is 42.6 Å². The molecular weight excluding hydrogens is 264 g/mol. The number of benzene rings is 1. The summed E-state index contributed by atoms with van der Waals surface area (Å²) >= 11 is 0.